The Morgan fingerprint density at radius 3 is 2.63 bits per heavy atom. The third-order valence-corrected chi connectivity index (χ3v) is 3.34. The first kappa shape index (κ1) is 15.9. The van der Waals surface area contributed by atoms with E-state index in [0.717, 1.165) is 17.1 Å². The maximum absolute atomic E-state index is 11.1. The fourth-order valence-corrected chi connectivity index (χ4v) is 2.13. The van der Waals surface area contributed by atoms with E-state index < -0.39 is 12.0 Å². The Morgan fingerprint density at radius 2 is 2.11 bits per heavy atom. The zero-order valence-electron chi connectivity index (χ0n) is 11.4. The number of nitrogens with one attached hydrogen (secondary N) is 1. The lowest BCUT2D eigenvalue weighted by Gasteiger charge is -2.14. The van der Waals surface area contributed by atoms with Gasteiger partial charge in [-0.15, -0.1) is 0 Å². The molecule has 4 nitrogen and oxygen atoms in total. The molecule has 0 aromatic heterocycles. The molecular formula is C14H21NO3S. The summed E-state index contributed by atoms with van der Waals surface area (Å²) in [5.41, 5.74) is 1.05. The second kappa shape index (κ2) is 8.82. The minimum atomic E-state index is -0.792. The Morgan fingerprint density at radius 1 is 1.42 bits per heavy atom. The van der Waals surface area contributed by atoms with Crippen LogP contribution < -0.4 is 10.1 Å². The molecule has 0 aliphatic heterocycles. The van der Waals surface area contributed by atoms with Crippen LogP contribution in [0, 0.1) is 0 Å². The smallest absolute Gasteiger partial charge is 0.320 e. The molecule has 0 fully saturated rings. The number of carbonyl (C=O) groups is 1. The van der Waals surface area contributed by atoms with Crippen LogP contribution in [0.4, 0.5) is 0 Å². The first-order valence-corrected chi connectivity index (χ1v) is 7.73. The highest BCUT2D eigenvalue weighted by Gasteiger charge is 2.15. The van der Waals surface area contributed by atoms with Crippen molar-refractivity contribution in [3.63, 3.8) is 0 Å². The molecule has 0 heterocycles. The van der Waals surface area contributed by atoms with Crippen LogP contribution >= 0.6 is 11.8 Å². The van der Waals surface area contributed by atoms with Crippen molar-refractivity contribution in [3.05, 3.63) is 29.8 Å². The molecule has 1 atom stereocenters. The van der Waals surface area contributed by atoms with Crippen molar-refractivity contribution in [1.82, 2.24) is 5.32 Å². The van der Waals surface area contributed by atoms with Crippen LogP contribution in [0.5, 0.6) is 5.75 Å². The second-order valence-corrected chi connectivity index (χ2v) is 5.12. The number of hydrogen-bond acceptors (Lipinski definition) is 4. The number of rotatable bonds is 9. The summed E-state index contributed by atoms with van der Waals surface area (Å²) >= 11 is 1.66. The average Bonchev–Trinajstić information content (AvgIpc) is 2.40. The van der Waals surface area contributed by atoms with E-state index in [9.17, 15) is 4.79 Å². The van der Waals surface area contributed by atoms with Gasteiger partial charge in [0.1, 0.15) is 11.8 Å². The zero-order chi connectivity index (χ0) is 14.1. The highest BCUT2D eigenvalue weighted by Crippen LogP contribution is 2.12. The number of carboxylic acid groups (broad SMARTS) is 1. The number of ether oxygens (including phenoxy) is 1. The van der Waals surface area contributed by atoms with Gasteiger partial charge in [-0.3, -0.25) is 4.79 Å². The summed E-state index contributed by atoms with van der Waals surface area (Å²) in [5, 5.41) is 12.2. The van der Waals surface area contributed by atoms with Crippen molar-refractivity contribution < 1.29 is 14.6 Å². The fraction of sp³-hybridized carbons (Fsp3) is 0.500. The summed E-state index contributed by atoms with van der Waals surface area (Å²) in [7, 11) is 0. The zero-order valence-corrected chi connectivity index (χ0v) is 12.2. The highest BCUT2D eigenvalue weighted by molar-refractivity contribution is 7.98. The topological polar surface area (TPSA) is 58.6 Å². The Balaban J connectivity index is 2.46. The lowest BCUT2D eigenvalue weighted by Crippen LogP contribution is -2.36. The molecule has 106 valence electrons. The largest absolute Gasteiger partial charge is 0.494 e. The van der Waals surface area contributed by atoms with Crippen LogP contribution in [0.25, 0.3) is 0 Å². The summed E-state index contributed by atoms with van der Waals surface area (Å²) in [6.45, 7) is 3.14. The second-order valence-electron chi connectivity index (χ2n) is 4.13. The molecule has 0 spiro atoms. The number of aliphatic carboxylic acids is 1. The first-order chi connectivity index (χ1) is 9.17. The number of thioether (sulfide) groups is 1. The number of hydrogen-bond donors (Lipinski definition) is 2. The van der Waals surface area contributed by atoms with Gasteiger partial charge < -0.3 is 15.2 Å². The lowest BCUT2D eigenvalue weighted by molar-refractivity contribution is -0.139. The normalized spacial score (nSPS) is 12.1. The summed E-state index contributed by atoms with van der Waals surface area (Å²) in [4.78, 5) is 11.1. The first-order valence-electron chi connectivity index (χ1n) is 6.34. The quantitative estimate of drug-likeness (QED) is 0.728. The maximum atomic E-state index is 11.1. The van der Waals surface area contributed by atoms with Crippen molar-refractivity contribution >= 4 is 17.7 Å². The molecule has 0 unspecified atom stereocenters. The Bertz CT molecular complexity index is 381. The molecule has 0 saturated carbocycles. The summed E-state index contributed by atoms with van der Waals surface area (Å²) in [6.07, 6.45) is 2.61. The average molecular weight is 283 g/mol. The molecule has 1 aromatic rings. The van der Waals surface area contributed by atoms with Crippen molar-refractivity contribution in [2.45, 2.75) is 25.9 Å². The van der Waals surface area contributed by atoms with Crippen LogP contribution in [0.2, 0.25) is 0 Å². The van der Waals surface area contributed by atoms with E-state index >= 15 is 0 Å². The highest BCUT2D eigenvalue weighted by atomic mass is 32.2. The van der Waals surface area contributed by atoms with Gasteiger partial charge >= 0.3 is 5.97 Å². The minimum Gasteiger partial charge on any atom is -0.494 e. The predicted molar refractivity (Wildman–Crippen MR) is 78.9 cm³/mol. The van der Waals surface area contributed by atoms with E-state index in [-0.39, 0.29) is 0 Å². The third kappa shape index (κ3) is 5.98. The molecule has 2 N–H and O–H groups in total. The van der Waals surface area contributed by atoms with Crippen LogP contribution in [0.3, 0.4) is 0 Å². The molecule has 1 aromatic carbocycles. The van der Waals surface area contributed by atoms with E-state index in [0.29, 0.717) is 19.6 Å². The standard InChI is InChI=1S/C14H21NO3S/c1-3-18-12-6-4-11(5-7-12)10-15-13(14(16)17)8-9-19-2/h4-7,13,15H,3,8-10H2,1-2H3,(H,16,17)/t13-/m0/s1. The van der Waals surface area contributed by atoms with Crippen molar-refractivity contribution in [2.75, 3.05) is 18.6 Å². The van der Waals surface area contributed by atoms with Gasteiger partial charge in [0, 0.05) is 6.54 Å². The van der Waals surface area contributed by atoms with E-state index in [1.54, 1.807) is 11.8 Å². The predicted octanol–water partition coefficient (Wildman–Crippen LogP) is 2.38. The summed E-state index contributed by atoms with van der Waals surface area (Å²) in [6, 6.07) is 7.21. The fourth-order valence-electron chi connectivity index (χ4n) is 1.66. The molecule has 0 bridgehead atoms. The van der Waals surface area contributed by atoms with Crippen molar-refractivity contribution in [3.8, 4) is 5.75 Å². The van der Waals surface area contributed by atoms with E-state index in [1.165, 1.54) is 0 Å². The lowest BCUT2D eigenvalue weighted by atomic mass is 10.2. The van der Waals surface area contributed by atoms with Crippen molar-refractivity contribution in [1.29, 1.82) is 0 Å². The van der Waals surface area contributed by atoms with E-state index in [2.05, 4.69) is 5.32 Å². The van der Waals surface area contributed by atoms with E-state index in [4.69, 9.17) is 9.84 Å². The van der Waals surface area contributed by atoms with Gasteiger partial charge in [0.25, 0.3) is 0 Å². The van der Waals surface area contributed by atoms with Gasteiger partial charge in [0.2, 0.25) is 0 Å². The Hall–Kier alpha value is -1.20. The van der Waals surface area contributed by atoms with Crippen LogP contribution in [-0.2, 0) is 11.3 Å². The summed E-state index contributed by atoms with van der Waals surface area (Å²) in [5.74, 6) is 0.885. The molecule has 0 aliphatic rings. The molecule has 0 saturated heterocycles. The molecular weight excluding hydrogens is 262 g/mol. The van der Waals surface area contributed by atoms with Crippen LogP contribution in [0.15, 0.2) is 24.3 Å². The monoisotopic (exact) mass is 283 g/mol. The Kier molecular flexibility index (Phi) is 7.36. The van der Waals surface area contributed by atoms with Crippen LogP contribution in [0.1, 0.15) is 18.9 Å². The molecule has 19 heavy (non-hydrogen) atoms. The molecule has 5 heteroatoms. The van der Waals surface area contributed by atoms with Gasteiger partial charge in [0.05, 0.1) is 6.61 Å². The molecule has 0 radical (unpaired) electrons. The van der Waals surface area contributed by atoms with E-state index in [1.807, 2.05) is 37.4 Å². The SMILES string of the molecule is CCOc1ccc(CN[C@@H](CCSC)C(=O)O)cc1. The third-order valence-electron chi connectivity index (χ3n) is 2.70. The van der Waals surface area contributed by atoms with Crippen LogP contribution in [-0.4, -0.2) is 35.7 Å². The van der Waals surface area contributed by atoms with Gasteiger partial charge in [0.15, 0.2) is 0 Å². The minimum absolute atomic E-state index is 0.487. The van der Waals surface area contributed by atoms with Gasteiger partial charge in [-0.2, -0.15) is 11.8 Å². The summed E-state index contributed by atoms with van der Waals surface area (Å²) < 4.78 is 5.36. The molecule has 1 rings (SSSR count). The molecule has 0 amide bonds. The maximum Gasteiger partial charge on any atom is 0.320 e. The van der Waals surface area contributed by atoms with Gasteiger partial charge in [-0.25, -0.2) is 0 Å². The molecule has 0 aliphatic carbocycles. The van der Waals surface area contributed by atoms with Gasteiger partial charge in [-0.05, 0) is 43.0 Å². The van der Waals surface area contributed by atoms with Gasteiger partial charge in [-0.1, -0.05) is 12.1 Å². The Labute approximate surface area is 118 Å². The number of benzene rings is 1. The number of carboxylic acids is 1. The van der Waals surface area contributed by atoms with Crippen molar-refractivity contribution in [2.24, 2.45) is 0 Å².